The molecule has 2 atom stereocenters. The van der Waals surface area contributed by atoms with Crippen LogP contribution in [0.5, 0.6) is 0 Å². The zero-order valence-corrected chi connectivity index (χ0v) is 10.4. The number of carbonyl (C=O) groups is 2. The highest BCUT2D eigenvalue weighted by Gasteiger charge is 2.36. The number of nitrogens with zero attached hydrogens (tertiary/aromatic N) is 1. The van der Waals surface area contributed by atoms with Gasteiger partial charge in [-0.3, -0.25) is 15.0 Å². The first-order chi connectivity index (χ1) is 8.68. The van der Waals surface area contributed by atoms with Crippen LogP contribution in [-0.2, 0) is 14.3 Å². The second kappa shape index (κ2) is 6.15. The third-order valence-corrected chi connectivity index (χ3v) is 3.70. The summed E-state index contributed by atoms with van der Waals surface area (Å²) in [6, 6.07) is 0. The van der Waals surface area contributed by atoms with Crippen LogP contribution in [0.2, 0.25) is 0 Å². The van der Waals surface area contributed by atoms with E-state index in [0.29, 0.717) is 39.1 Å². The van der Waals surface area contributed by atoms with Gasteiger partial charge in [-0.25, -0.2) is 5.01 Å². The molecule has 2 aliphatic rings. The van der Waals surface area contributed by atoms with Crippen LogP contribution < -0.4 is 5.43 Å². The predicted octanol–water partition coefficient (Wildman–Crippen LogP) is 0.241. The maximum atomic E-state index is 12.1. The van der Waals surface area contributed by atoms with Crippen LogP contribution in [0.1, 0.15) is 25.7 Å². The third kappa shape index (κ3) is 3.20. The number of morpholine rings is 1. The Bertz CT molecular complexity index is 315. The Hall–Kier alpha value is -1.14. The molecule has 2 fully saturated rings. The highest BCUT2D eigenvalue weighted by Crippen LogP contribution is 2.30. The number of carbonyl (C=O) groups excluding carboxylic acids is 1. The Morgan fingerprint density at radius 3 is 2.33 bits per heavy atom. The van der Waals surface area contributed by atoms with E-state index >= 15 is 0 Å². The number of rotatable bonds is 3. The Kier molecular flexibility index (Phi) is 4.54. The molecule has 6 nitrogen and oxygen atoms in total. The van der Waals surface area contributed by atoms with Crippen molar-refractivity contribution in [1.29, 1.82) is 0 Å². The van der Waals surface area contributed by atoms with E-state index in [4.69, 9.17) is 9.84 Å². The average Bonchev–Trinajstić information content (AvgIpc) is 2.40. The lowest BCUT2D eigenvalue weighted by Gasteiger charge is -2.32. The molecule has 0 unspecified atom stereocenters. The molecule has 1 saturated carbocycles. The van der Waals surface area contributed by atoms with Gasteiger partial charge in [0.15, 0.2) is 0 Å². The number of hydrogen-bond acceptors (Lipinski definition) is 4. The number of nitrogens with one attached hydrogen (secondary N) is 1. The third-order valence-electron chi connectivity index (χ3n) is 3.70. The highest BCUT2D eigenvalue weighted by atomic mass is 16.5. The molecule has 1 aliphatic heterocycles. The molecule has 0 radical (unpaired) electrons. The van der Waals surface area contributed by atoms with Crippen molar-refractivity contribution in [3.05, 3.63) is 0 Å². The van der Waals surface area contributed by atoms with Gasteiger partial charge in [-0.2, -0.15) is 0 Å². The van der Waals surface area contributed by atoms with Crippen molar-refractivity contribution in [2.24, 2.45) is 11.8 Å². The van der Waals surface area contributed by atoms with Crippen molar-refractivity contribution >= 4 is 11.9 Å². The minimum Gasteiger partial charge on any atom is -0.481 e. The van der Waals surface area contributed by atoms with E-state index < -0.39 is 11.9 Å². The van der Waals surface area contributed by atoms with Gasteiger partial charge in [-0.05, 0) is 12.8 Å². The molecule has 0 bridgehead atoms. The van der Waals surface area contributed by atoms with Crippen LogP contribution in [0.25, 0.3) is 0 Å². The quantitative estimate of drug-likeness (QED) is 0.756. The first kappa shape index (κ1) is 13.3. The molecule has 6 heteroatoms. The van der Waals surface area contributed by atoms with E-state index in [1.807, 2.05) is 5.01 Å². The molecule has 18 heavy (non-hydrogen) atoms. The maximum absolute atomic E-state index is 12.1. The Balaban J connectivity index is 1.91. The van der Waals surface area contributed by atoms with Crippen LogP contribution in [0, 0.1) is 11.8 Å². The topological polar surface area (TPSA) is 78.9 Å². The summed E-state index contributed by atoms with van der Waals surface area (Å²) < 4.78 is 5.20. The first-order valence-corrected chi connectivity index (χ1v) is 6.54. The molecule has 0 spiro atoms. The lowest BCUT2D eigenvalue weighted by molar-refractivity contribution is -0.150. The van der Waals surface area contributed by atoms with Crippen LogP contribution >= 0.6 is 0 Å². The largest absolute Gasteiger partial charge is 0.481 e. The molecule has 1 saturated heterocycles. The summed E-state index contributed by atoms with van der Waals surface area (Å²) in [5, 5.41) is 11.0. The van der Waals surface area contributed by atoms with Gasteiger partial charge in [-0.15, -0.1) is 0 Å². The summed E-state index contributed by atoms with van der Waals surface area (Å²) in [5.74, 6) is -1.92. The number of carboxylic acid groups (broad SMARTS) is 1. The number of aliphatic carboxylic acids is 1. The molecule has 0 aromatic carbocycles. The van der Waals surface area contributed by atoms with Gasteiger partial charge in [0.05, 0.1) is 25.0 Å². The van der Waals surface area contributed by atoms with Crippen LogP contribution in [0.4, 0.5) is 0 Å². The standard InChI is InChI=1S/C12H20N2O4/c15-11(13-14-5-7-18-8-6-14)9-3-1-2-4-10(9)12(16)17/h9-10H,1-8H2,(H,13,15)(H,16,17)/t9-,10-/m1/s1. The van der Waals surface area contributed by atoms with E-state index in [2.05, 4.69) is 5.43 Å². The first-order valence-electron chi connectivity index (χ1n) is 6.54. The molecule has 2 N–H and O–H groups in total. The molecule has 2 rings (SSSR count). The number of ether oxygens (including phenoxy) is 1. The van der Waals surface area contributed by atoms with Crippen molar-refractivity contribution in [2.45, 2.75) is 25.7 Å². The Labute approximate surface area is 106 Å². The smallest absolute Gasteiger partial charge is 0.307 e. The fourth-order valence-electron chi connectivity index (χ4n) is 2.65. The molecule has 0 aromatic rings. The summed E-state index contributed by atoms with van der Waals surface area (Å²) in [5.41, 5.74) is 2.82. The molecule has 1 heterocycles. The maximum Gasteiger partial charge on any atom is 0.307 e. The fourth-order valence-corrected chi connectivity index (χ4v) is 2.65. The van der Waals surface area contributed by atoms with Crippen molar-refractivity contribution in [3.63, 3.8) is 0 Å². The summed E-state index contributed by atoms with van der Waals surface area (Å²) in [7, 11) is 0. The highest BCUT2D eigenvalue weighted by molar-refractivity contribution is 5.84. The van der Waals surface area contributed by atoms with Gasteiger partial charge >= 0.3 is 5.97 Å². The van der Waals surface area contributed by atoms with E-state index in [1.165, 1.54) is 0 Å². The molecular weight excluding hydrogens is 236 g/mol. The summed E-state index contributed by atoms with van der Waals surface area (Å²) >= 11 is 0. The van der Waals surface area contributed by atoms with Gasteiger partial charge < -0.3 is 9.84 Å². The fraction of sp³-hybridized carbons (Fsp3) is 0.833. The zero-order valence-electron chi connectivity index (χ0n) is 10.4. The second-order valence-corrected chi connectivity index (χ2v) is 4.91. The number of hydrazine groups is 1. The van der Waals surface area contributed by atoms with Crippen molar-refractivity contribution in [2.75, 3.05) is 26.3 Å². The molecule has 0 aromatic heterocycles. The molecular formula is C12H20N2O4. The molecule has 1 amide bonds. The van der Waals surface area contributed by atoms with Crippen LogP contribution in [0.3, 0.4) is 0 Å². The number of amides is 1. The Morgan fingerprint density at radius 1 is 1.11 bits per heavy atom. The van der Waals surface area contributed by atoms with E-state index in [-0.39, 0.29) is 11.8 Å². The molecule has 102 valence electrons. The van der Waals surface area contributed by atoms with Gasteiger partial charge in [0.25, 0.3) is 0 Å². The zero-order chi connectivity index (χ0) is 13.0. The van der Waals surface area contributed by atoms with Gasteiger partial charge in [0.1, 0.15) is 0 Å². The van der Waals surface area contributed by atoms with Crippen molar-refractivity contribution in [1.82, 2.24) is 10.4 Å². The van der Waals surface area contributed by atoms with Crippen LogP contribution in [0.15, 0.2) is 0 Å². The predicted molar refractivity (Wildman–Crippen MR) is 63.6 cm³/mol. The normalized spacial score (nSPS) is 29.8. The number of hydrogen-bond donors (Lipinski definition) is 2. The minimum atomic E-state index is -0.850. The molecule has 1 aliphatic carbocycles. The summed E-state index contributed by atoms with van der Waals surface area (Å²) in [6.45, 7) is 2.53. The summed E-state index contributed by atoms with van der Waals surface area (Å²) in [4.78, 5) is 23.3. The van der Waals surface area contributed by atoms with E-state index in [1.54, 1.807) is 0 Å². The van der Waals surface area contributed by atoms with Gasteiger partial charge in [-0.1, -0.05) is 12.8 Å². The van der Waals surface area contributed by atoms with Gasteiger partial charge in [0, 0.05) is 13.1 Å². The van der Waals surface area contributed by atoms with Gasteiger partial charge in [0.2, 0.25) is 5.91 Å². The summed E-state index contributed by atoms with van der Waals surface area (Å²) in [6.07, 6.45) is 3.12. The number of carboxylic acids is 1. The second-order valence-electron chi connectivity index (χ2n) is 4.91. The average molecular weight is 256 g/mol. The van der Waals surface area contributed by atoms with E-state index in [0.717, 1.165) is 12.8 Å². The minimum absolute atomic E-state index is 0.149. The lowest BCUT2D eigenvalue weighted by atomic mass is 9.79. The SMILES string of the molecule is O=C(O)[C@@H]1CCCC[C@H]1C(=O)NN1CCOCC1. The van der Waals surface area contributed by atoms with Crippen molar-refractivity contribution < 1.29 is 19.4 Å². The van der Waals surface area contributed by atoms with Crippen molar-refractivity contribution in [3.8, 4) is 0 Å². The van der Waals surface area contributed by atoms with E-state index in [9.17, 15) is 9.59 Å². The van der Waals surface area contributed by atoms with Crippen LogP contribution in [-0.4, -0.2) is 48.3 Å². The monoisotopic (exact) mass is 256 g/mol. The Morgan fingerprint density at radius 2 is 1.72 bits per heavy atom. The lowest BCUT2D eigenvalue weighted by Crippen LogP contribution is -2.52.